The molecule has 1 aliphatic heterocycles. The first kappa shape index (κ1) is 16.5. The fraction of sp³-hybridized carbons (Fsp3) is 0.368. The molecule has 2 heterocycles. The van der Waals surface area contributed by atoms with Gasteiger partial charge in [0.15, 0.2) is 0 Å². The van der Waals surface area contributed by atoms with Gasteiger partial charge in [-0.2, -0.15) is 0 Å². The number of anilines is 1. The molecule has 0 radical (unpaired) electrons. The zero-order valence-corrected chi connectivity index (χ0v) is 14.4. The van der Waals surface area contributed by atoms with Gasteiger partial charge in [-0.25, -0.2) is 4.98 Å². The van der Waals surface area contributed by atoms with Crippen molar-refractivity contribution in [2.45, 2.75) is 32.9 Å². The lowest BCUT2D eigenvalue weighted by Gasteiger charge is -2.16. The lowest BCUT2D eigenvalue weighted by atomic mass is 10.1. The van der Waals surface area contributed by atoms with Crippen molar-refractivity contribution < 1.29 is 9.53 Å². The molecule has 0 saturated heterocycles. The molecule has 5 nitrogen and oxygen atoms in total. The van der Waals surface area contributed by atoms with Gasteiger partial charge in [-0.3, -0.25) is 9.69 Å². The molecule has 3 rings (SSSR count). The fourth-order valence-electron chi connectivity index (χ4n) is 2.97. The highest BCUT2D eigenvalue weighted by atomic mass is 16.5. The van der Waals surface area contributed by atoms with E-state index >= 15 is 0 Å². The van der Waals surface area contributed by atoms with Crippen molar-refractivity contribution in [2.24, 2.45) is 0 Å². The molecule has 0 aliphatic carbocycles. The van der Waals surface area contributed by atoms with Gasteiger partial charge in [-0.15, -0.1) is 0 Å². The maximum atomic E-state index is 12.1. The second-order valence-corrected chi connectivity index (χ2v) is 6.51. The largest absolute Gasteiger partial charge is 0.490 e. The molecule has 1 atom stereocenters. The number of hydrogen-bond acceptors (Lipinski definition) is 4. The highest BCUT2D eigenvalue weighted by Gasteiger charge is 2.19. The molecule has 5 heteroatoms. The van der Waals surface area contributed by atoms with E-state index in [1.165, 1.54) is 11.1 Å². The van der Waals surface area contributed by atoms with Crippen LogP contribution in [0, 0.1) is 6.92 Å². The summed E-state index contributed by atoms with van der Waals surface area (Å²) in [7, 11) is 1.94. The Balaban J connectivity index is 1.55. The van der Waals surface area contributed by atoms with Gasteiger partial charge in [0.2, 0.25) is 5.91 Å². The number of pyridine rings is 1. The number of rotatable bonds is 5. The second kappa shape index (κ2) is 7.01. The number of aromatic nitrogens is 1. The Morgan fingerprint density at radius 1 is 1.38 bits per heavy atom. The molecule has 1 aromatic carbocycles. The molecule has 0 spiro atoms. The predicted octanol–water partition coefficient (Wildman–Crippen LogP) is 2.78. The van der Waals surface area contributed by atoms with Crippen LogP contribution in [0.25, 0.3) is 0 Å². The lowest BCUT2D eigenvalue weighted by molar-refractivity contribution is -0.117. The topological polar surface area (TPSA) is 54.5 Å². The molecule has 1 amide bonds. The van der Waals surface area contributed by atoms with E-state index in [1.807, 2.05) is 37.1 Å². The van der Waals surface area contributed by atoms with Gasteiger partial charge < -0.3 is 10.1 Å². The summed E-state index contributed by atoms with van der Waals surface area (Å²) in [4.78, 5) is 18.3. The number of likely N-dealkylation sites (N-methyl/N-ethyl adjacent to an activating group) is 1. The van der Waals surface area contributed by atoms with Crippen molar-refractivity contribution in [3.63, 3.8) is 0 Å². The van der Waals surface area contributed by atoms with Crippen molar-refractivity contribution in [3.05, 3.63) is 53.2 Å². The monoisotopic (exact) mass is 325 g/mol. The molecule has 0 bridgehead atoms. The summed E-state index contributed by atoms with van der Waals surface area (Å²) in [5.74, 6) is 1.52. The minimum absolute atomic E-state index is 0.0614. The number of hydrogen-bond donors (Lipinski definition) is 1. The average molecular weight is 325 g/mol. The second-order valence-electron chi connectivity index (χ2n) is 6.51. The molecule has 2 aromatic rings. The summed E-state index contributed by atoms with van der Waals surface area (Å²) in [6, 6.07) is 10.0. The van der Waals surface area contributed by atoms with Crippen molar-refractivity contribution in [2.75, 3.05) is 18.9 Å². The molecule has 0 fully saturated rings. The summed E-state index contributed by atoms with van der Waals surface area (Å²) in [6.07, 6.45) is 2.90. The van der Waals surface area contributed by atoms with Crippen LogP contribution in [0.15, 0.2) is 36.5 Å². The van der Waals surface area contributed by atoms with Crippen LogP contribution in [0.1, 0.15) is 23.6 Å². The van der Waals surface area contributed by atoms with E-state index in [2.05, 4.69) is 29.4 Å². The minimum Gasteiger partial charge on any atom is -0.490 e. The zero-order chi connectivity index (χ0) is 17.1. The van der Waals surface area contributed by atoms with Crippen LogP contribution in [0.5, 0.6) is 5.75 Å². The number of fused-ring (bicyclic) bond motifs is 1. The number of ether oxygens (including phenoxy) is 1. The number of aryl methyl sites for hydroxylation is 1. The van der Waals surface area contributed by atoms with Crippen molar-refractivity contribution in [3.8, 4) is 5.75 Å². The van der Waals surface area contributed by atoms with Gasteiger partial charge >= 0.3 is 0 Å². The minimum atomic E-state index is -0.0614. The Morgan fingerprint density at radius 3 is 3.00 bits per heavy atom. The third-order valence-corrected chi connectivity index (χ3v) is 4.01. The predicted molar refractivity (Wildman–Crippen MR) is 94.2 cm³/mol. The first-order valence-corrected chi connectivity index (χ1v) is 8.19. The number of carbonyl (C=O) groups excluding carboxylic acids is 1. The summed E-state index contributed by atoms with van der Waals surface area (Å²) in [5.41, 5.74) is 3.51. The Hall–Kier alpha value is -2.40. The summed E-state index contributed by atoms with van der Waals surface area (Å²) in [5, 5.41) is 2.84. The molecule has 126 valence electrons. The highest BCUT2D eigenvalue weighted by molar-refractivity contribution is 5.91. The van der Waals surface area contributed by atoms with E-state index < -0.39 is 0 Å². The standard InChI is InChI=1S/C19H23N3O2/c1-13-6-7-20-18(8-13)21-19(23)12-22(3)11-15-4-5-17-16(10-15)9-14(2)24-17/h4-8,10,14H,9,11-12H2,1-3H3,(H,20,21,23). The van der Waals surface area contributed by atoms with Gasteiger partial charge in [0.1, 0.15) is 17.7 Å². The van der Waals surface area contributed by atoms with Crippen molar-refractivity contribution >= 4 is 11.7 Å². The van der Waals surface area contributed by atoms with Crippen LogP contribution in [0.3, 0.4) is 0 Å². The van der Waals surface area contributed by atoms with Crippen LogP contribution in [0.2, 0.25) is 0 Å². The van der Waals surface area contributed by atoms with Crippen molar-refractivity contribution in [1.82, 2.24) is 9.88 Å². The van der Waals surface area contributed by atoms with E-state index in [9.17, 15) is 4.79 Å². The Labute approximate surface area is 142 Å². The van der Waals surface area contributed by atoms with Gasteiger partial charge in [0.05, 0.1) is 6.54 Å². The number of carbonyl (C=O) groups is 1. The van der Waals surface area contributed by atoms with Crippen LogP contribution in [-0.2, 0) is 17.8 Å². The normalized spacial score (nSPS) is 15.9. The molecule has 1 aromatic heterocycles. The molecule has 0 saturated carbocycles. The fourth-order valence-corrected chi connectivity index (χ4v) is 2.97. The van der Waals surface area contributed by atoms with Crippen LogP contribution < -0.4 is 10.1 Å². The molecule has 1 unspecified atom stereocenters. The Bertz CT molecular complexity index is 745. The Morgan fingerprint density at radius 2 is 2.21 bits per heavy atom. The SMILES string of the molecule is Cc1ccnc(NC(=O)CN(C)Cc2ccc3c(c2)CC(C)O3)c1. The molecule has 1 aliphatic rings. The molecule has 1 N–H and O–H groups in total. The van der Waals surface area contributed by atoms with E-state index in [4.69, 9.17) is 4.74 Å². The Kier molecular flexibility index (Phi) is 4.81. The van der Waals surface area contributed by atoms with E-state index in [-0.39, 0.29) is 12.0 Å². The first-order chi connectivity index (χ1) is 11.5. The summed E-state index contributed by atoms with van der Waals surface area (Å²) in [6.45, 7) is 5.09. The van der Waals surface area contributed by atoms with Gasteiger partial charge in [-0.05, 0) is 55.8 Å². The highest BCUT2D eigenvalue weighted by Crippen LogP contribution is 2.29. The third-order valence-electron chi connectivity index (χ3n) is 4.01. The van der Waals surface area contributed by atoms with Gasteiger partial charge in [-0.1, -0.05) is 12.1 Å². The first-order valence-electron chi connectivity index (χ1n) is 8.19. The van der Waals surface area contributed by atoms with Crippen LogP contribution in [-0.4, -0.2) is 35.5 Å². The van der Waals surface area contributed by atoms with Gasteiger partial charge in [0, 0.05) is 19.2 Å². The van der Waals surface area contributed by atoms with E-state index in [1.54, 1.807) is 6.20 Å². The van der Waals surface area contributed by atoms with E-state index in [0.717, 1.165) is 24.3 Å². The number of amides is 1. The maximum Gasteiger partial charge on any atom is 0.239 e. The van der Waals surface area contributed by atoms with Crippen molar-refractivity contribution in [1.29, 1.82) is 0 Å². The molecular formula is C19H23N3O2. The summed E-state index contributed by atoms with van der Waals surface area (Å²) < 4.78 is 5.72. The quantitative estimate of drug-likeness (QED) is 0.918. The van der Waals surface area contributed by atoms with E-state index in [0.29, 0.717) is 12.4 Å². The maximum absolute atomic E-state index is 12.1. The third kappa shape index (κ3) is 4.11. The van der Waals surface area contributed by atoms with Crippen LogP contribution >= 0.6 is 0 Å². The molecular weight excluding hydrogens is 302 g/mol. The zero-order valence-electron chi connectivity index (χ0n) is 14.4. The smallest absolute Gasteiger partial charge is 0.239 e. The summed E-state index contributed by atoms with van der Waals surface area (Å²) >= 11 is 0. The number of nitrogens with zero attached hydrogens (tertiary/aromatic N) is 2. The average Bonchev–Trinajstić information content (AvgIpc) is 2.86. The number of benzene rings is 1. The molecule has 24 heavy (non-hydrogen) atoms. The van der Waals surface area contributed by atoms with Gasteiger partial charge in [0.25, 0.3) is 0 Å². The lowest BCUT2D eigenvalue weighted by Crippen LogP contribution is -2.30. The number of nitrogens with one attached hydrogen (secondary N) is 1. The van der Waals surface area contributed by atoms with Crippen LogP contribution in [0.4, 0.5) is 5.82 Å².